The van der Waals surface area contributed by atoms with Crippen LogP contribution in [-0.4, -0.2) is 37.2 Å². The average molecular weight is 225 g/mol. The molecule has 0 bridgehead atoms. The molecule has 4 N–H and O–H groups in total. The Morgan fingerprint density at radius 3 is 2.94 bits per heavy atom. The monoisotopic (exact) mass is 225 g/mol. The van der Waals surface area contributed by atoms with Crippen molar-refractivity contribution in [3.8, 4) is 0 Å². The van der Waals surface area contributed by atoms with Crippen LogP contribution in [0, 0.1) is 0 Å². The molecule has 0 saturated heterocycles. The summed E-state index contributed by atoms with van der Waals surface area (Å²) >= 11 is 0. The van der Waals surface area contributed by atoms with Crippen LogP contribution >= 0.6 is 0 Å². The predicted octanol–water partition coefficient (Wildman–Crippen LogP) is -0.920. The number of H-pyrrole nitrogens is 1. The van der Waals surface area contributed by atoms with E-state index < -0.39 is 0 Å². The van der Waals surface area contributed by atoms with Crippen molar-refractivity contribution >= 4 is 5.91 Å². The lowest BCUT2D eigenvalue weighted by Crippen LogP contribution is -2.29. The fourth-order valence-electron chi connectivity index (χ4n) is 1.10. The third-order valence-electron chi connectivity index (χ3n) is 1.81. The van der Waals surface area contributed by atoms with E-state index >= 15 is 0 Å². The van der Waals surface area contributed by atoms with Gasteiger partial charge in [-0.15, -0.1) is 0 Å². The summed E-state index contributed by atoms with van der Waals surface area (Å²) in [5.41, 5.74) is 5.17. The summed E-state index contributed by atoms with van der Waals surface area (Å²) in [6.45, 7) is 1.72. The summed E-state index contributed by atoms with van der Waals surface area (Å²) in [5.74, 6) is -0.325. The summed E-state index contributed by atoms with van der Waals surface area (Å²) in [7, 11) is 0. The molecule has 0 aliphatic rings. The maximum atomic E-state index is 11.5. The van der Waals surface area contributed by atoms with Crippen LogP contribution < -0.4 is 16.6 Å². The first-order valence-electron chi connectivity index (χ1n) is 4.99. The third-order valence-corrected chi connectivity index (χ3v) is 1.81. The zero-order valence-electron chi connectivity index (χ0n) is 8.86. The first-order chi connectivity index (χ1) is 7.74. The summed E-state index contributed by atoms with van der Waals surface area (Å²) < 4.78 is 5.08. The molecule has 0 aromatic carbocycles. The second-order valence-electron chi connectivity index (χ2n) is 3.09. The number of hydrogen-bond donors (Lipinski definition) is 3. The second kappa shape index (κ2) is 6.76. The molecule has 0 radical (unpaired) electrons. The zero-order valence-corrected chi connectivity index (χ0v) is 8.86. The van der Waals surface area contributed by atoms with Gasteiger partial charge in [0.05, 0.1) is 13.2 Å². The van der Waals surface area contributed by atoms with E-state index in [1.165, 1.54) is 18.2 Å². The van der Waals surface area contributed by atoms with E-state index in [-0.39, 0.29) is 17.2 Å². The molecule has 0 atom stereocenters. The minimum atomic E-state index is -0.325. The minimum absolute atomic E-state index is 0.242. The highest BCUT2D eigenvalue weighted by atomic mass is 16.5. The summed E-state index contributed by atoms with van der Waals surface area (Å²) in [6, 6.07) is 4.41. The minimum Gasteiger partial charge on any atom is -0.378 e. The first kappa shape index (κ1) is 12.4. The third kappa shape index (κ3) is 4.24. The molecule has 6 heteroatoms. The number of nitrogens with one attached hydrogen (secondary N) is 2. The predicted molar refractivity (Wildman–Crippen MR) is 59.3 cm³/mol. The molecule has 0 aliphatic heterocycles. The molecule has 16 heavy (non-hydrogen) atoms. The standard InChI is InChI=1S/C10H15N3O3/c11-4-6-16-7-5-12-10(15)8-2-1-3-9(14)13-8/h1-3H,4-7,11H2,(H,12,15)(H,13,14). The van der Waals surface area contributed by atoms with Crippen LogP contribution in [0.25, 0.3) is 0 Å². The lowest BCUT2D eigenvalue weighted by atomic mass is 10.3. The Hall–Kier alpha value is -1.66. The number of aromatic nitrogens is 1. The maximum absolute atomic E-state index is 11.5. The molecule has 1 aromatic rings. The number of amides is 1. The summed E-state index contributed by atoms with van der Waals surface area (Å²) in [4.78, 5) is 24.8. The van der Waals surface area contributed by atoms with Gasteiger partial charge in [0.15, 0.2) is 0 Å². The molecule has 0 spiro atoms. The Morgan fingerprint density at radius 2 is 2.25 bits per heavy atom. The van der Waals surface area contributed by atoms with Gasteiger partial charge in [0.1, 0.15) is 5.69 Å². The summed E-state index contributed by atoms with van der Waals surface area (Å²) in [6.07, 6.45) is 0. The van der Waals surface area contributed by atoms with Crippen molar-refractivity contribution in [2.24, 2.45) is 5.73 Å². The molecule has 1 rings (SSSR count). The van der Waals surface area contributed by atoms with Crippen LogP contribution in [0.5, 0.6) is 0 Å². The van der Waals surface area contributed by atoms with Gasteiger partial charge in [-0.2, -0.15) is 0 Å². The summed E-state index contributed by atoms with van der Waals surface area (Å²) in [5, 5.41) is 2.61. The van der Waals surface area contributed by atoms with Crippen molar-refractivity contribution in [1.82, 2.24) is 10.3 Å². The molecule has 0 fully saturated rings. The smallest absolute Gasteiger partial charge is 0.267 e. The Morgan fingerprint density at radius 1 is 1.44 bits per heavy atom. The Labute approximate surface area is 92.8 Å². The van der Waals surface area contributed by atoms with Crippen molar-refractivity contribution in [1.29, 1.82) is 0 Å². The molecule has 1 amide bonds. The van der Waals surface area contributed by atoms with Gasteiger partial charge in [0, 0.05) is 19.2 Å². The van der Waals surface area contributed by atoms with Crippen LogP contribution in [0.3, 0.4) is 0 Å². The van der Waals surface area contributed by atoms with Gasteiger partial charge in [-0.1, -0.05) is 6.07 Å². The molecule has 1 heterocycles. The number of aromatic amines is 1. The lowest BCUT2D eigenvalue weighted by Gasteiger charge is -2.05. The zero-order chi connectivity index (χ0) is 11.8. The number of carbonyl (C=O) groups is 1. The van der Waals surface area contributed by atoms with Crippen LogP contribution in [0.1, 0.15) is 10.5 Å². The van der Waals surface area contributed by atoms with Gasteiger partial charge in [-0.3, -0.25) is 9.59 Å². The van der Waals surface area contributed by atoms with E-state index in [1.54, 1.807) is 0 Å². The highest BCUT2D eigenvalue weighted by Crippen LogP contribution is 1.89. The van der Waals surface area contributed by atoms with E-state index in [1.807, 2.05) is 0 Å². The molecular weight excluding hydrogens is 210 g/mol. The van der Waals surface area contributed by atoms with Crippen LogP contribution in [-0.2, 0) is 4.74 Å². The van der Waals surface area contributed by atoms with E-state index in [0.717, 1.165) is 0 Å². The Balaban J connectivity index is 2.33. The van der Waals surface area contributed by atoms with Gasteiger partial charge >= 0.3 is 0 Å². The molecule has 0 saturated carbocycles. The fourth-order valence-corrected chi connectivity index (χ4v) is 1.10. The van der Waals surface area contributed by atoms with Crippen LogP contribution in [0.2, 0.25) is 0 Å². The van der Waals surface area contributed by atoms with E-state index in [4.69, 9.17) is 10.5 Å². The van der Waals surface area contributed by atoms with Gasteiger partial charge in [-0.25, -0.2) is 0 Å². The molecule has 88 valence electrons. The second-order valence-corrected chi connectivity index (χ2v) is 3.09. The Kier molecular flexibility index (Phi) is 5.24. The molecule has 0 aliphatic carbocycles. The van der Waals surface area contributed by atoms with Crippen molar-refractivity contribution in [3.63, 3.8) is 0 Å². The van der Waals surface area contributed by atoms with E-state index in [9.17, 15) is 9.59 Å². The van der Waals surface area contributed by atoms with E-state index in [0.29, 0.717) is 26.3 Å². The fraction of sp³-hybridized carbons (Fsp3) is 0.400. The number of nitrogens with two attached hydrogens (primary N) is 1. The van der Waals surface area contributed by atoms with Crippen molar-refractivity contribution in [2.45, 2.75) is 0 Å². The SMILES string of the molecule is NCCOCCNC(=O)c1cccc(=O)[nH]1. The van der Waals surface area contributed by atoms with Crippen molar-refractivity contribution < 1.29 is 9.53 Å². The highest BCUT2D eigenvalue weighted by Gasteiger charge is 2.04. The quantitative estimate of drug-likeness (QED) is 0.545. The molecule has 6 nitrogen and oxygen atoms in total. The van der Waals surface area contributed by atoms with Gasteiger partial charge in [0.25, 0.3) is 5.91 Å². The first-order valence-corrected chi connectivity index (χ1v) is 4.99. The number of pyridine rings is 1. The van der Waals surface area contributed by atoms with Gasteiger partial charge in [-0.05, 0) is 6.07 Å². The average Bonchev–Trinajstić information content (AvgIpc) is 2.28. The van der Waals surface area contributed by atoms with Gasteiger partial charge < -0.3 is 20.8 Å². The van der Waals surface area contributed by atoms with E-state index in [2.05, 4.69) is 10.3 Å². The number of hydrogen-bond acceptors (Lipinski definition) is 4. The number of ether oxygens (including phenoxy) is 1. The highest BCUT2D eigenvalue weighted by molar-refractivity contribution is 5.92. The maximum Gasteiger partial charge on any atom is 0.267 e. The van der Waals surface area contributed by atoms with Crippen molar-refractivity contribution in [2.75, 3.05) is 26.3 Å². The van der Waals surface area contributed by atoms with Crippen LogP contribution in [0.15, 0.2) is 23.0 Å². The number of carbonyl (C=O) groups excluding carboxylic acids is 1. The van der Waals surface area contributed by atoms with Gasteiger partial charge in [0.2, 0.25) is 5.56 Å². The topological polar surface area (TPSA) is 97.2 Å². The lowest BCUT2D eigenvalue weighted by molar-refractivity contribution is 0.0915. The molecular formula is C10H15N3O3. The number of rotatable bonds is 6. The molecule has 0 unspecified atom stereocenters. The molecule has 1 aromatic heterocycles. The Bertz CT molecular complexity index is 389. The van der Waals surface area contributed by atoms with Crippen molar-refractivity contribution in [3.05, 3.63) is 34.2 Å². The largest absolute Gasteiger partial charge is 0.378 e. The normalized spacial score (nSPS) is 10.1. The van der Waals surface area contributed by atoms with Crippen LogP contribution in [0.4, 0.5) is 0 Å².